The van der Waals surface area contributed by atoms with Crippen molar-refractivity contribution in [3.8, 4) is 22.9 Å². The number of carbonyl (C=O) groups excluding carboxylic acids is 2. The van der Waals surface area contributed by atoms with Gasteiger partial charge in [-0.15, -0.1) is 0 Å². The normalized spacial score (nSPS) is 19.6. The van der Waals surface area contributed by atoms with Crippen LogP contribution in [0.25, 0.3) is 11.4 Å². The van der Waals surface area contributed by atoms with Gasteiger partial charge in [0, 0.05) is 44.0 Å². The molecule has 5 rings (SSSR count). The van der Waals surface area contributed by atoms with E-state index in [-0.39, 0.29) is 36.9 Å². The number of amides is 2. The van der Waals surface area contributed by atoms with Crippen LogP contribution in [0.5, 0.6) is 11.5 Å². The van der Waals surface area contributed by atoms with Crippen molar-refractivity contribution in [2.45, 2.75) is 39.3 Å². The predicted octanol–water partition coefficient (Wildman–Crippen LogP) is 3.32. The maximum Gasteiger partial charge on any atom is 0.251 e. The second kappa shape index (κ2) is 14.5. The molecule has 1 saturated heterocycles. The van der Waals surface area contributed by atoms with E-state index in [1.54, 1.807) is 25.3 Å². The highest BCUT2D eigenvalue weighted by Gasteiger charge is 2.27. The molecule has 2 bridgehead atoms. The third kappa shape index (κ3) is 7.91. The Balaban J connectivity index is 1.47. The van der Waals surface area contributed by atoms with Gasteiger partial charge in [0.25, 0.3) is 5.91 Å². The minimum Gasteiger partial charge on any atom is -0.493 e. The second-order valence-electron chi connectivity index (χ2n) is 11.4. The van der Waals surface area contributed by atoms with E-state index in [1.165, 1.54) is 0 Å². The van der Waals surface area contributed by atoms with E-state index in [1.807, 2.05) is 35.0 Å². The number of rotatable bonds is 5. The van der Waals surface area contributed by atoms with Gasteiger partial charge in [0.2, 0.25) is 5.91 Å². The summed E-state index contributed by atoms with van der Waals surface area (Å²) in [6, 6.07) is 14.6. The first-order valence-corrected chi connectivity index (χ1v) is 15.1. The zero-order valence-electron chi connectivity index (χ0n) is 25.3. The Morgan fingerprint density at radius 1 is 1.02 bits per heavy atom. The summed E-state index contributed by atoms with van der Waals surface area (Å²) in [7, 11) is 1.57. The van der Waals surface area contributed by atoms with Gasteiger partial charge in [-0.1, -0.05) is 44.2 Å². The van der Waals surface area contributed by atoms with Crippen LogP contribution in [0, 0.1) is 11.8 Å². The summed E-state index contributed by atoms with van der Waals surface area (Å²) in [5.41, 5.74) is 1.36. The highest BCUT2D eigenvalue weighted by Crippen LogP contribution is 2.29. The first kappa shape index (κ1) is 30.5. The van der Waals surface area contributed by atoms with Gasteiger partial charge in [-0.2, -0.15) is 5.10 Å². The molecule has 0 aliphatic carbocycles. The lowest BCUT2D eigenvalue weighted by atomic mass is 9.99. The predicted molar refractivity (Wildman–Crippen MR) is 162 cm³/mol. The quantitative estimate of drug-likeness (QED) is 0.465. The fraction of sp³-hybridized carbons (Fsp3) is 0.500. The molecule has 1 aromatic heterocycles. The third-order valence-electron chi connectivity index (χ3n) is 7.92. The number of benzene rings is 2. The van der Waals surface area contributed by atoms with Crippen molar-refractivity contribution in [1.82, 2.24) is 30.3 Å². The summed E-state index contributed by atoms with van der Waals surface area (Å²) in [6.07, 6.45) is 1.91. The fourth-order valence-electron chi connectivity index (χ4n) is 5.54. The Bertz CT molecular complexity index is 1370. The van der Waals surface area contributed by atoms with Gasteiger partial charge >= 0.3 is 0 Å². The molecule has 1 fully saturated rings. The van der Waals surface area contributed by atoms with Crippen LogP contribution in [0.1, 0.15) is 48.9 Å². The van der Waals surface area contributed by atoms with E-state index < -0.39 is 0 Å². The van der Waals surface area contributed by atoms with Crippen molar-refractivity contribution in [2.24, 2.45) is 11.8 Å². The molecule has 2 N–H and O–H groups in total. The smallest absolute Gasteiger partial charge is 0.251 e. The van der Waals surface area contributed by atoms with Gasteiger partial charge in [-0.3, -0.25) is 14.5 Å². The Kier molecular flexibility index (Phi) is 10.3. The van der Waals surface area contributed by atoms with Gasteiger partial charge in [0.1, 0.15) is 6.61 Å². The van der Waals surface area contributed by atoms with Crippen LogP contribution in [-0.2, 0) is 16.1 Å². The molecule has 43 heavy (non-hydrogen) atoms. The summed E-state index contributed by atoms with van der Waals surface area (Å²) < 4.78 is 19.0. The molecule has 11 heteroatoms. The largest absolute Gasteiger partial charge is 0.493 e. The van der Waals surface area contributed by atoms with Crippen LogP contribution in [-0.4, -0.2) is 84.6 Å². The summed E-state index contributed by atoms with van der Waals surface area (Å²) in [5, 5.41) is 11.1. The average Bonchev–Trinajstić information content (AvgIpc) is 3.43. The minimum absolute atomic E-state index is 0.0542. The molecule has 0 unspecified atom stereocenters. The third-order valence-corrected chi connectivity index (χ3v) is 7.92. The lowest BCUT2D eigenvalue weighted by Crippen LogP contribution is -2.45. The Morgan fingerprint density at radius 2 is 1.81 bits per heavy atom. The monoisotopic (exact) mass is 590 g/mol. The molecule has 0 radical (unpaired) electrons. The molecule has 2 aromatic carbocycles. The topological polar surface area (TPSA) is 120 Å². The van der Waals surface area contributed by atoms with Gasteiger partial charge in [-0.05, 0) is 42.9 Å². The number of aromatic nitrogens is 3. The van der Waals surface area contributed by atoms with Crippen molar-refractivity contribution in [3.63, 3.8) is 0 Å². The van der Waals surface area contributed by atoms with Crippen LogP contribution in [0.4, 0.5) is 0 Å². The standard InChI is InChI=1S/C32H42N6O5/c1-22(2)29-31-35-30(24-7-5-4-6-8-24)36-38(31)15-18-43-27-19-25(9-10-26(27)41-3)32(40)33-13-14-37(21-28(39)34-29)20-23-11-16-42-17-12-23/h4-10,19,22-23,29H,11-18,20-21H2,1-3H3,(H,33,40)(H,34,39)/t29-/m1/s1. The number of nitrogens with zero attached hydrogens (tertiary/aromatic N) is 4. The van der Waals surface area contributed by atoms with E-state index in [2.05, 4.69) is 29.4 Å². The minimum atomic E-state index is -0.365. The number of fused-ring (bicyclic) bond motifs is 3. The highest BCUT2D eigenvalue weighted by atomic mass is 16.5. The molecular weight excluding hydrogens is 548 g/mol. The summed E-state index contributed by atoms with van der Waals surface area (Å²) in [4.78, 5) is 33.7. The molecule has 1 atom stereocenters. The van der Waals surface area contributed by atoms with Crippen molar-refractivity contribution < 1.29 is 23.8 Å². The van der Waals surface area contributed by atoms with Crippen molar-refractivity contribution in [1.29, 1.82) is 0 Å². The van der Waals surface area contributed by atoms with Crippen LogP contribution < -0.4 is 20.1 Å². The summed E-state index contributed by atoms with van der Waals surface area (Å²) in [6.45, 7) is 8.15. The average molecular weight is 591 g/mol. The second-order valence-corrected chi connectivity index (χ2v) is 11.4. The molecule has 0 spiro atoms. The van der Waals surface area contributed by atoms with Crippen LogP contribution in [0.3, 0.4) is 0 Å². The molecule has 3 heterocycles. The Labute approximate surface area is 252 Å². The number of methoxy groups -OCH3 is 1. The number of hydrogen-bond donors (Lipinski definition) is 2. The van der Waals surface area contributed by atoms with E-state index >= 15 is 0 Å². The number of carbonyl (C=O) groups is 2. The van der Waals surface area contributed by atoms with Gasteiger partial charge in [0.15, 0.2) is 23.1 Å². The van der Waals surface area contributed by atoms with Crippen LogP contribution in [0.15, 0.2) is 48.5 Å². The van der Waals surface area contributed by atoms with E-state index in [0.717, 1.165) is 38.2 Å². The molecule has 2 aliphatic heterocycles. The molecule has 2 aliphatic rings. The molecule has 0 saturated carbocycles. The van der Waals surface area contributed by atoms with Gasteiger partial charge < -0.3 is 24.8 Å². The first-order chi connectivity index (χ1) is 20.9. The van der Waals surface area contributed by atoms with E-state index in [0.29, 0.717) is 54.3 Å². The number of hydrogen-bond acceptors (Lipinski definition) is 8. The molecular formula is C32H42N6O5. The van der Waals surface area contributed by atoms with Crippen molar-refractivity contribution in [2.75, 3.05) is 53.1 Å². The maximum atomic E-state index is 13.6. The SMILES string of the molecule is COc1ccc2cc1OCCn1nc(-c3ccccc3)nc1[C@@H](C(C)C)NC(=O)CN(CC1CCOCC1)CCNC2=O. The molecule has 11 nitrogen and oxygen atoms in total. The van der Waals surface area contributed by atoms with Gasteiger partial charge in [-0.25, -0.2) is 9.67 Å². The zero-order chi connectivity index (χ0) is 30.2. The Morgan fingerprint density at radius 3 is 2.56 bits per heavy atom. The van der Waals surface area contributed by atoms with Crippen molar-refractivity contribution in [3.05, 3.63) is 59.9 Å². The van der Waals surface area contributed by atoms with E-state index in [9.17, 15) is 9.59 Å². The molecule has 3 aromatic rings. The van der Waals surface area contributed by atoms with Crippen LogP contribution >= 0.6 is 0 Å². The summed E-state index contributed by atoms with van der Waals surface area (Å²) in [5.74, 6) is 2.45. The van der Waals surface area contributed by atoms with Gasteiger partial charge in [0.05, 0.1) is 26.2 Å². The zero-order valence-corrected chi connectivity index (χ0v) is 25.3. The van der Waals surface area contributed by atoms with Crippen molar-refractivity contribution >= 4 is 11.8 Å². The Hall–Kier alpha value is -3.96. The number of nitrogens with one attached hydrogen (secondary N) is 2. The first-order valence-electron chi connectivity index (χ1n) is 15.1. The fourth-order valence-corrected chi connectivity index (χ4v) is 5.54. The lowest BCUT2D eigenvalue weighted by Gasteiger charge is -2.30. The summed E-state index contributed by atoms with van der Waals surface area (Å²) >= 11 is 0. The molecule has 230 valence electrons. The van der Waals surface area contributed by atoms with E-state index in [4.69, 9.17) is 24.3 Å². The highest BCUT2D eigenvalue weighted by molar-refractivity contribution is 5.94. The molecule has 2 amide bonds. The maximum absolute atomic E-state index is 13.6. The number of ether oxygens (including phenoxy) is 3. The van der Waals surface area contributed by atoms with Crippen LogP contribution in [0.2, 0.25) is 0 Å². The lowest BCUT2D eigenvalue weighted by molar-refractivity contribution is -0.123.